The van der Waals surface area contributed by atoms with Gasteiger partial charge in [0.1, 0.15) is 5.78 Å². The lowest BCUT2D eigenvalue weighted by molar-refractivity contribution is -0.117. The van der Waals surface area contributed by atoms with Gasteiger partial charge in [-0.2, -0.15) is 0 Å². The molecule has 2 aromatic rings. The minimum atomic E-state index is 0.295. The number of Topliss-reactive ketones (excluding diaryl/α,β-unsaturated/α-hetero) is 1. The molecule has 88 valence electrons. The van der Waals surface area contributed by atoms with Gasteiger partial charge in [0, 0.05) is 6.42 Å². The Morgan fingerprint density at radius 3 is 2.53 bits per heavy atom. The first-order chi connectivity index (χ1) is 8.25. The number of aryl methyl sites for hydroxylation is 1. The van der Waals surface area contributed by atoms with Crippen LogP contribution >= 0.6 is 0 Å². The fourth-order valence-electron chi connectivity index (χ4n) is 2.10. The van der Waals surface area contributed by atoms with E-state index in [1.54, 1.807) is 6.92 Å². The van der Waals surface area contributed by atoms with E-state index in [4.69, 9.17) is 0 Å². The first-order valence-corrected chi connectivity index (χ1v) is 6.23. The molecule has 0 N–H and O–H groups in total. The summed E-state index contributed by atoms with van der Waals surface area (Å²) in [5, 5.41) is 2.59. The summed E-state index contributed by atoms with van der Waals surface area (Å²) in [5.74, 6) is 0.295. The second-order valence-corrected chi connectivity index (χ2v) is 4.59. The molecular weight excluding hydrogens is 208 g/mol. The van der Waals surface area contributed by atoms with Crippen molar-refractivity contribution in [2.24, 2.45) is 0 Å². The van der Waals surface area contributed by atoms with E-state index in [9.17, 15) is 4.79 Å². The molecule has 0 spiro atoms. The maximum atomic E-state index is 10.8. The molecule has 0 unspecified atom stereocenters. The molecular formula is C16H18O. The molecule has 1 heteroatoms. The second-order valence-electron chi connectivity index (χ2n) is 4.59. The smallest absolute Gasteiger partial charge is 0.129 e. The molecule has 0 heterocycles. The normalized spacial score (nSPS) is 10.6. The van der Waals surface area contributed by atoms with Crippen molar-refractivity contribution in [1.29, 1.82) is 0 Å². The van der Waals surface area contributed by atoms with Crippen LogP contribution in [0.1, 0.15) is 31.7 Å². The zero-order valence-corrected chi connectivity index (χ0v) is 10.3. The number of hydrogen-bond donors (Lipinski definition) is 0. The van der Waals surface area contributed by atoms with Gasteiger partial charge in [0.05, 0.1) is 0 Å². The predicted molar refractivity (Wildman–Crippen MR) is 72.2 cm³/mol. The number of carbonyl (C=O) groups excluding carboxylic acids is 1. The fraction of sp³-hybridized carbons (Fsp3) is 0.312. The molecule has 17 heavy (non-hydrogen) atoms. The summed E-state index contributed by atoms with van der Waals surface area (Å²) in [4.78, 5) is 10.8. The number of fused-ring (bicyclic) bond motifs is 1. The molecule has 0 amide bonds. The van der Waals surface area contributed by atoms with Crippen LogP contribution in [0.15, 0.2) is 42.5 Å². The van der Waals surface area contributed by atoms with Crippen molar-refractivity contribution in [3.05, 3.63) is 48.0 Å². The van der Waals surface area contributed by atoms with Crippen LogP contribution in [0.4, 0.5) is 0 Å². The Morgan fingerprint density at radius 2 is 1.76 bits per heavy atom. The van der Waals surface area contributed by atoms with Gasteiger partial charge in [0.15, 0.2) is 0 Å². The van der Waals surface area contributed by atoms with Crippen molar-refractivity contribution >= 4 is 16.6 Å². The van der Waals surface area contributed by atoms with Gasteiger partial charge in [-0.15, -0.1) is 0 Å². The number of unbranched alkanes of at least 4 members (excludes halogenated alkanes) is 1. The van der Waals surface area contributed by atoms with Crippen LogP contribution in [0.2, 0.25) is 0 Å². The summed E-state index contributed by atoms with van der Waals surface area (Å²) in [6, 6.07) is 15.0. The van der Waals surface area contributed by atoms with Crippen LogP contribution in [0.25, 0.3) is 10.8 Å². The predicted octanol–water partition coefficient (Wildman–Crippen LogP) is 4.14. The molecule has 0 aliphatic rings. The van der Waals surface area contributed by atoms with Crippen LogP contribution in [0.5, 0.6) is 0 Å². The van der Waals surface area contributed by atoms with Crippen molar-refractivity contribution in [2.45, 2.75) is 32.6 Å². The van der Waals surface area contributed by atoms with Gasteiger partial charge >= 0.3 is 0 Å². The summed E-state index contributed by atoms with van der Waals surface area (Å²) in [6.07, 6.45) is 3.88. The third-order valence-corrected chi connectivity index (χ3v) is 3.06. The van der Waals surface area contributed by atoms with Crippen LogP contribution < -0.4 is 0 Å². The Kier molecular flexibility index (Phi) is 3.92. The molecule has 0 aliphatic carbocycles. The quantitative estimate of drug-likeness (QED) is 0.700. The molecule has 2 aromatic carbocycles. The summed E-state index contributed by atoms with van der Waals surface area (Å²) < 4.78 is 0. The summed E-state index contributed by atoms with van der Waals surface area (Å²) >= 11 is 0. The third-order valence-electron chi connectivity index (χ3n) is 3.06. The van der Waals surface area contributed by atoms with Gasteiger partial charge in [0.2, 0.25) is 0 Å². The van der Waals surface area contributed by atoms with Gasteiger partial charge in [-0.3, -0.25) is 0 Å². The molecule has 0 saturated heterocycles. The third kappa shape index (κ3) is 3.42. The Hall–Kier alpha value is -1.63. The summed E-state index contributed by atoms with van der Waals surface area (Å²) in [6.45, 7) is 1.66. The second kappa shape index (κ2) is 5.62. The molecule has 1 nitrogen and oxygen atoms in total. The molecule has 0 aromatic heterocycles. The maximum absolute atomic E-state index is 10.8. The SMILES string of the molecule is CC(=O)CCCCc1ccc2ccccc2c1. The van der Waals surface area contributed by atoms with E-state index in [2.05, 4.69) is 42.5 Å². The van der Waals surface area contributed by atoms with Crippen LogP contribution in [-0.4, -0.2) is 5.78 Å². The van der Waals surface area contributed by atoms with E-state index in [-0.39, 0.29) is 0 Å². The summed E-state index contributed by atoms with van der Waals surface area (Å²) in [5.41, 5.74) is 1.37. The number of carbonyl (C=O) groups is 1. The molecule has 0 fully saturated rings. The highest BCUT2D eigenvalue weighted by atomic mass is 16.1. The van der Waals surface area contributed by atoms with Crippen LogP contribution in [0.3, 0.4) is 0 Å². The van der Waals surface area contributed by atoms with Crippen molar-refractivity contribution in [2.75, 3.05) is 0 Å². The highest BCUT2D eigenvalue weighted by Crippen LogP contribution is 2.17. The zero-order chi connectivity index (χ0) is 12.1. The Balaban J connectivity index is 1.97. The highest BCUT2D eigenvalue weighted by molar-refractivity contribution is 5.83. The standard InChI is InChI=1S/C16H18O/c1-13(17)6-2-3-7-14-10-11-15-8-4-5-9-16(15)12-14/h4-5,8-12H,2-3,6-7H2,1H3. The molecule has 0 saturated carbocycles. The fourth-order valence-corrected chi connectivity index (χ4v) is 2.10. The number of benzene rings is 2. The Labute approximate surface area is 102 Å². The Bertz CT molecular complexity index is 514. The monoisotopic (exact) mass is 226 g/mol. The lowest BCUT2D eigenvalue weighted by Gasteiger charge is -2.03. The molecule has 2 rings (SSSR count). The van der Waals surface area contributed by atoms with Crippen LogP contribution in [0, 0.1) is 0 Å². The van der Waals surface area contributed by atoms with Gasteiger partial charge in [-0.25, -0.2) is 0 Å². The van der Waals surface area contributed by atoms with E-state index < -0.39 is 0 Å². The minimum absolute atomic E-state index is 0.295. The van der Waals surface area contributed by atoms with E-state index in [0.717, 1.165) is 19.3 Å². The van der Waals surface area contributed by atoms with Gasteiger partial charge in [0.25, 0.3) is 0 Å². The van der Waals surface area contributed by atoms with E-state index in [1.807, 2.05) is 0 Å². The topological polar surface area (TPSA) is 17.1 Å². The lowest BCUT2D eigenvalue weighted by atomic mass is 10.0. The van der Waals surface area contributed by atoms with E-state index in [1.165, 1.54) is 16.3 Å². The maximum Gasteiger partial charge on any atom is 0.129 e. The zero-order valence-electron chi connectivity index (χ0n) is 10.3. The number of hydrogen-bond acceptors (Lipinski definition) is 1. The lowest BCUT2D eigenvalue weighted by Crippen LogP contribution is -1.91. The Morgan fingerprint density at radius 1 is 1.00 bits per heavy atom. The highest BCUT2D eigenvalue weighted by Gasteiger charge is 1.98. The molecule has 0 aliphatic heterocycles. The average Bonchev–Trinajstić information content (AvgIpc) is 2.34. The van der Waals surface area contributed by atoms with Crippen LogP contribution in [-0.2, 0) is 11.2 Å². The van der Waals surface area contributed by atoms with Crippen molar-refractivity contribution < 1.29 is 4.79 Å². The van der Waals surface area contributed by atoms with Gasteiger partial charge < -0.3 is 4.79 Å². The number of rotatable bonds is 5. The first kappa shape index (κ1) is 11.8. The number of ketones is 1. The summed E-state index contributed by atoms with van der Waals surface area (Å²) in [7, 11) is 0. The van der Waals surface area contributed by atoms with Gasteiger partial charge in [-0.05, 0) is 42.5 Å². The van der Waals surface area contributed by atoms with E-state index >= 15 is 0 Å². The molecule has 0 radical (unpaired) electrons. The molecule has 0 bridgehead atoms. The van der Waals surface area contributed by atoms with Crippen molar-refractivity contribution in [3.63, 3.8) is 0 Å². The van der Waals surface area contributed by atoms with E-state index in [0.29, 0.717) is 12.2 Å². The largest absolute Gasteiger partial charge is 0.300 e. The van der Waals surface area contributed by atoms with Crippen molar-refractivity contribution in [3.8, 4) is 0 Å². The minimum Gasteiger partial charge on any atom is -0.300 e. The van der Waals surface area contributed by atoms with Crippen molar-refractivity contribution in [1.82, 2.24) is 0 Å². The first-order valence-electron chi connectivity index (χ1n) is 6.23. The van der Waals surface area contributed by atoms with Gasteiger partial charge in [-0.1, -0.05) is 42.5 Å². The average molecular weight is 226 g/mol. The molecule has 0 atom stereocenters.